The molecule has 192 valence electrons. The van der Waals surface area contributed by atoms with E-state index < -0.39 is 29.9 Å². The number of fused-ring (bicyclic) bond motifs is 2. The Morgan fingerprint density at radius 2 is 1.95 bits per heavy atom. The predicted molar refractivity (Wildman–Crippen MR) is 134 cm³/mol. The molecule has 1 fully saturated rings. The van der Waals surface area contributed by atoms with Crippen molar-refractivity contribution in [1.29, 1.82) is 0 Å². The molecule has 2 aromatic carbocycles. The van der Waals surface area contributed by atoms with Crippen molar-refractivity contribution in [2.75, 3.05) is 20.8 Å². The second kappa shape index (κ2) is 9.96. The van der Waals surface area contributed by atoms with Crippen LogP contribution in [0.4, 0.5) is 0 Å². The van der Waals surface area contributed by atoms with Crippen molar-refractivity contribution in [1.82, 2.24) is 20.5 Å². The number of H-pyrrole nitrogens is 1. The Morgan fingerprint density at radius 3 is 2.68 bits per heavy atom. The van der Waals surface area contributed by atoms with Gasteiger partial charge in [0, 0.05) is 29.9 Å². The van der Waals surface area contributed by atoms with Gasteiger partial charge in [0.15, 0.2) is 0 Å². The molecule has 3 aromatic rings. The molecular weight excluding hydrogens is 476 g/mol. The number of carbonyl (C=O) groups excluding carboxylic acids is 4. The lowest BCUT2D eigenvalue weighted by Crippen LogP contribution is -2.48. The van der Waals surface area contributed by atoms with E-state index in [1.54, 1.807) is 19.2 Å². The van der Waals surface area contributed by atoms with Gasteiger partial charge in [-0.2, -0.15) is 0 Å². The number of carbonyl (C=O) groups is 4. The number of hydrogen-bond donors (Lipinski definition) is 3. The number of amides is 3. The van der Waals surface area contributed by atoms with Crippen molar-refractivity contribution in [3.05, 3.63) is 65.4 Å². The van der Waals surface area contributed by atoms with E-state index >= 15 is 0 Å². The highest BCUT2D eigenvalue weighted by Gasteiger charge is 2.41. The number of aromatic amines is 1. The number of nitrogens with zero attached hydrogens (tertiary/aromatic N) is 1. The fraction of sp³-hybridized carbons (Fsp3) is 0.333. The minimum absolute atomic E-state index is 0.119. The van der Waals surface area contributed by atoms with Crippen molar-refractivity contribution in [3.63, 3.8) is 0 Å². The van der Waals surface area contributed by atoms with Crippen LogP contribution in [0, 0.1) is 5.92 Å². The Labute approximate surface area is 213 Å². The van der Waals surface area contributed by atoms with Gasteiger partial charge < -0.3 is 30.0 Å². The summed E-state index contributed by atoms with van der Waals surface area (Å²) < 4.78 is 10.3. The van der Waals surface area contributed by atoms with Crippen LogP contribution in [0.15, 0.2) is 48.5 Å². The highest BCUT2D eigenvalue weighted by atomic mass is 16.5. The molecule has 2 unspecified atom stereocenters. The summed E-state index contributed by atoms with van der Waals surface area (Å²) >= 11 is 0. The number of hydrogen-bond acceptors (Lipinski definition) is 6. The number of methoxy groups -OCH3 is 2. The predicted octanol–water partition coefficient (Wildman–Crippen LogP) is 2.06. The summed E-state index contributed by atoms with van der Waals surface area (Å²) in [6.45, 7) is 0.756. The number of rotatable bonds is 7. The molecule has 1 saturated heterocycles. The maximum atomic E-state index is 13.7. The first-order valence-electron chi connectivity index (χ1n) is 12.1. The van der Waals surface area contributed by atoms with E-state index in [-0.39, 0.29) is 24.8 Å². The molecule has 0 spiro atoms. The molecule has 0 aliphatic carbocycles. The number of esters is 1. The molecule has 10 heteroatoms. The Hall–Kier alpha value is -4.34. The first-order valence-corrected chi connectivity index (χ1v) is 12.1. The molecule has 3 N–H and O–H groups in total. The SMILES string of the molecule is COC(=O)[C@H](CC1CCNC1=O)NC(=O)C1c2ccccc2CN1C(=O)c1cc2c(OC)cccc2[nH]1. The first kappa shape index (κ1) is 24.4. The van der Waals surface area contributed by atoms with Crippen molar-refractivity contribution in [3.8, 4) is 5.75 Å². The molecule has 2 aliphatic heterocycles. The standard InChI is InChI=1S/C27H28N4O6/c1-36-22-9-5-8-19-18(22)13-20(29-19)26(34)31-14-16-6-3-4-7-17(16)23(31)25(33)30-21(27(35)37-2)12-15-10-11-28-24(15)32/h3-9,13,15,21,23,29H,10-12,14H2,1-2H3,(H,28,32)(H,30,33)/t15?,21-,23?/m0/s1. The van der Waals surface area contributed by atoms with Gasteiger partial charge in [-0.05, 0) is 42.2 Å². The van der Waals surface area contributed by atoms with Gasteiger partial charge in [-0.15, -0.1) is 0 Å². The van der Waals surface area contributed by atoms with Crippen LogP contribution in [0.25, 0.3) is 10.9 Å². The molecule has 0 saturated carbocycles. The van der Waals surface area contributed by atoms with Gasteiger partial charge >= 0.3 is 5.97 Å². The van der Waals surface area contributed by atoms with Crippen molar-refractivity contribution >= 4 is 34.6 Å². The van der Waals surface area contributed by atoms with Crippen LogP contribution >= 0.6 is 0 Å². The van der Waals surface area contributed by atoms with E-state index in [4.69, 9.17) is 9.47 Å². The summed E-state index contributed by atoms with van der Waals surface area (Å²) in [6, 6.07) is 12.6. The van der Waals surface area contributed by atoms with Crippen LogP contribution in [0.5, 0.6) is 5.75 Å². The fourth-order valence-corrected chi connectivity index (χ4v) is 5.20. The van der Waals surface area contributed by atoms with Crippen LogP contribution in [-0.2, 0) is 25.7 Å². The van der Waals surface area contributed by atoms with Crippen LogP contribution in [0.1, 0.15) is 40.5 Å². The molecule has 10 nitrogen and oxygen atoms in total. The van der Waals surface area contributed by atoms with Crippen LogP contribution in [0.2, 0.25) is 0 Å². The van der Waals surface area contributed by atoms with Crippen LogP contribution in [0.3, 0.4) is 0 Å². The van der Waals surface area contributed by atoms with Gasteiger partial charge in [-0.3, -0.25) is 14.4 Å². The van der Waals surface area contributed by atoms with E-state index in [0.717, 1.165) is 16.5 Å². The average molecular weight is 505 g/mol. The zero-order valence-corrected chi connectivity index (χ0v) is 20.6. The van der Waals surface area contributed by atoms with Crippen LogP contribution in [-0.4, -0.2) is 60.4 Å². The molecular formula is C27H28N4O6. The molecule has 0 radical (unpaired) electrons. The van der Waals surface area contributed by atoms with Crippen molar-refractivity contribution in [2.24, 2.45) is 5.92 Å². The zero-order valence-electron chi connectivity index (χ0n) is 20.6. The van der Waals surface area contributed by atoms with E-state index in [1.807, 2.05) is 36.4 Å². The zero-order chi connectivity index (χ0) is 26.1. The summed E-state index contributed by atoms with van der Waals surface area (Å²) in [5.74, 6) is -1.44. The second-order valence-corrected chi connectivity index (χ2v) is 9.24. The molecule has 3 amide bonds. The average Bonchev–Trinajstić information content (AvgIpc) is 3.63. The smallest absolute Gasteiger partial charge is 0.328 e. The van der Waals surface area contributed by atoms with Crippen molar-refractivity contribution < 1.29 is 28.7 Å². The van der Waals surface area contributed by atoms with Gasteiger partial charge in [-0.25, -0.2) is 4.79 Å². The Bertz CT molecular complexity index is 1380. The fourth-order valence-electron chi connectivity index (χ4n) is 5.20. The summed E-state index contributed by atoms with van der Waals surface area (Å²) in [7, 11) is 2.80. The maximum absolute atomic E-state index is 13.7. The molecule has 3 heterocycles. The van der Waals surface area contributed by atoms with Gasteiger partial charge in [0.25, 0.3) is 5.91 Å². The lowest BCUT2D eigenvalue weighted by molar-refractivity contribution is -0.146. The third-order valence-electron chi connectivity index (χ3n) is 7.07. The van der Waals surface area contributed by atoms with Gasteiger partial charge in [-0.1, -0.05) is 30.3 Å². The minimum Gasteiger partial charge on any atom is -0.496 e. The lowest BCUT2D eigenvalue weighted by atomic mass is 9.97. The normalized spacial score (nSPS) is 19.3. The monoisotopic (exact) mass is 504 g/mol. The topological polar surface area (TPSA) is 130 Å². The quantitative estimate of drug-likeness (QED) is 0.423. The highest BCUT2D eigenvalue weighted by molar-refractivity contribution is 6.02. The molecule has 1 aromatic heterocycles. The molecule has 3 atom stereocenters. The lowest BCUT2D eigenvalue weighted by Gasteiger charge is -2.26. The van der Waals surface area contributed by atoms with Crippen LogP contribution < -0.4 is 15.4 Å². The molecule has 37 heavy (non-hydrogen) atoms. The Morgan fingerprint density at radius 1 is 1.14 bits per heavy atom. The molecule has 2 aliphatic rings. The third kappa shape index (κ3) is 4.50. The van der Waals surface area contributed by atoms with Gasteiger partial charge in [0.1, 0.15) is 23.5 Å². The summed E-state index contributed by atoms with van der Waals surface area (Å²) in [4.78, 5) is 56.6. The maximum Gasteiger partial charge on any atom is 0.328 e. The van der Waals surface area contributed by atoms with E-state index in [1.165, 1.54) is 12.0 Å². The first-order chi connectivity index (χ1) is 17.9. The van der Waals surface area contributed by atoms with E-state index in [0.29, 0.717) is 30.0 Å². The number of benzene rings is 2. The number of nitrogens with one attached hydrogen (secondary N) is 3. The Kier molecular flexibility index (Phi) is 6.56. The third-order valence-corrected chi connectivity index (χ3v) is 7.07. The largest absolute Gasteiger partial charge is 0.496 e. The summed E-state index contributed by atoms with van der Waals surface area (Å²) in [6.07, 6.45) is 0.692. The highest BCUT2D eigenvalue weighted by Crippen LogP contribution is 2.36. The Balaban J connectivity index is 1.44. The number of ether oxygens (including phenoxy) is 2. The van der Waals surface area contributed by atoms with E-state index in [9.17, 15) is 19.2 Å². The molecule has 0 bridgehead atoms. The summed E-state index contributed by atoms with van der Waals surface area (Å²) in [5.41, 5.74) is 2.58. The second-order valence-electron chi connectivity index (χ2n) is 9.24. The molecule has 5 rings (SSSR count). The number of aromatic nitrogens is 1. The van der Waals surface area contributed by atoms with Crippen molar-refractivity contribution in [2.45, 2.75) is 31.5 Å². The van der Waals surface area contributed by atoms with Gasteiger partial charge in [0.05, 0.1) is 14.2 Å². The minimum atomic E-state index is -1.02. The van der Waals surface area contributed by atoms with E-state index in [2.05, 4.69) is 15.6 Å². The summed E-state index contributed by atoms with van der Waals surface area (Å²) in [5, 5.41) is 6.26. The van der Waals surface area contributed by atoms with Gasteiger partial charge in [0.2, 0.25) is 11.8 Å².